The summed E-state index contributed by atoms with van der Waals surface area (Å²) in [5, 5.41) is 13.8. The van der Waals surface area contributed by atoms with E-state index in [9.17, 15) is 5.11 Å². The number of hydrogen-bond donors (Lipinski definition) is 3. The molecule has 1 fully saturated rings. The molecule has 3 N–H and O–H groups in total. The second kappa shape index (κ2) is 6.78. The predicted molar refractivity (Wildman–Crippen MR) is 99.0 cm³/mol. The smallest absolute Gasteiger partial charge is 0.156 e. The summed E-state index contributed by atoms with van der Waals surface area (Å²) in [6, 6.07) is 4.03. The van der Waals surface area contributed by atoms with Crippen LogP contribution < -0.4 is 5.32 Å². The number of fused-ring (bicyclic) bond motifs is 1. The van der Waals surface area contributed by atoms with Crippen molar-refractivity contribution in [2.45, 2.75) is 37.8 Å². The minimum absolute atomic E-state index is 0.185. The average Bonchev–Trinajstić information content (AvgIpc) is 2.99. The third-order valence-corrected chi connectivity index (χ3v) is 4.88. The number of rotatable bonds is 3. The molecule has 0 atom stereocenters. The van der Waals surface area contributed by atoms with Crippen molar-refractivity contribution in [1.82, 2.24) is 19.9 Å². The van der Waals surface area contributed by atoms with Gasteiger partial charge in [-0.3, -0.25) is 0 Å². The molecule has 4 rings (SSSR count). The molecule has 3 aromatic heterocycles. The first-order valence-corrected chi connectivity index (χ1v) is 8.96. The van der Waals surface area contributed by atoms with Crippen molar-refractivity contribution in [3.63, 3.8) is 0 Å². The van der Waals surface area contributed by atoms with Crippen LogP contribution in [0.4, 0.5) is 5.82 Å². The lowest BCUT2D eigenvalue weighted by atomic mass is 9.93. The van der Waals surface area contributed by atoms with Gasteiger partial charge in [0.15, 0.2) is 5.65 Å². The van der Waals surface area contributed by atoms with Gasteiger partial charge in [0.05, 0.1) is 12.3 Å². The van der Waals surface area contributed by atoms with Gasteiger partial charge in [0.25, 0.3) is 0 Å². The fourth-order valence-electron chi connectivity index (χ4n) is 3.25. The van der Waals surface area contributed by atoms with Crippen LogP contribution >= 0.6 is 23.2 Å². The molecule has 0 saturated heterocycles. The number of aromatic amines is 1. The summed E-state index contributed by atoms with van der Waals surface area (Å²) >= 11 is 12.2. The number of aromatic nitrogens is 4. The van der Waals surface area contributed by atoms with Crippen molar-refractivity contribution >= 4 is 40.2 Å². The standard InChI is InChI=1S/C17H17Cl2N5O/c18-13-5-9(12-7-20-17-16(12)24-14(19)8-21-17)6-15(23-13)22-10-1-3-11(25)4-2-10/h5-8,10-11,25H,1-4H2,(H,20,21)(H,22,23). The van der Waals surface area contributed by atoms with Crippen LogP contribution in [0.1, 0.15) is 25.7 Å². The molecule has 0 spiro atoms. The van der Waals surface area contributed by atoms with Crippen LogP contribution in [0, 0.1) is 0 Å². The second-order valence-electron chi connectivity index (χ2n) is 6.31. The van der Waals surface area contributed by atoms with E-state index < -0.39 is 0 Å². The topological polar surface area (TPSA) is 86.7 Å². The quantitative estimate of drug-likeness (QED) is 0.599. The van der Waals surface area contributed by atoms with E-state index in [-0.39, 0.29) is 6.10 Å². The van der Waals surface area contributed by atoms with Crippen LogP contribution in [0.15, 0.2) is 24.5 Å². The number of nitrogens with one attached hydrogen (secondary N) is 2. The van der Waals surface area contributed by atoms with E-state index in [2.05, 4.69) is 25.3 Å². The normalized spacial score (nSPS) is 20.8. The average molecular weight is 378 g/mol. The van der Waals surface area contributed by atoms with E-state index >= 15 is 0 Å². The highest BCUT2D eigenvalue weighted by molar-refractivity contribution is 6.30. The van der Waals surface area contributed by atoms with Gasteiger partial charge in [-0.1, -0.05) is 23.2 Å². The fraction of sp³-hybridized carbons (Fsp3) is 0.353. The molecule has 0 aromatic carbocycles. The third-order valence-electron chi connectivity index (χ3n) is 4.51. The van der Waals surface area contributed by atoms with E-state index in [1.54, 1.807) is 6.07 Å². The summed E-state index contributed by atoms with van der Waals surface area (Å²) in [5.74, 6) is 0.716. The molecule has 0 amide bonds. The summed E-state index contributed by atoms with van der Waals surface area (Å²) in [4.78, 5) is 16.1. The first kappa shape index (κ1) is 16.6. The molecular weight excluding hydrogens is 361 g/mol. The van der Waals surface area contributed by atoms with Crippen LogP contribution in [-0.4, -0.2) is 37.2 Å². The van der Waals surface area contributed by atoms with E-state index in [0.717, 1.165) is 36.8 Å². The van der Waals surface area contributed by atoms with Crippen LogP contribution in [0.2, 0.25) is 10.3 Å². The van der Waals surface area contributed by atoms with Crippen molar-refractivity contribution in [1.29, 1.82) is 0 Å². The first-order chi connectivity index (χ1) is 12.1. The van der Waals surface area contributed by atoms with E-state index in [0.29, 0.717) is 33.3 Å². The van der Waals surface area contributed by atoms with Gasteiger partial charge >= 0.3 is 0 Å². The highest BCUT2D eigenvalue weighted by Gasteiger charge is 2.20. The molecule has 0 radical (unpaired) electrons. The molecule has 130 valence electrons. The van der Waals surface area contributed by atoms with E-state index in [1.165, 1.54) is 6.20 Å². The van der Waals surface area contributed by atoms with E-state index in [1.807, 2.05) is 12.3 Å². The molecule has 8 heteroatoms. The molecule has 1 aliphatic rings. The van der Waals surface area contributed by atoms with Gasteiger partial charge in [-0.2, -0.15) is 0 Å². The first-order valence-electron chi connectivity index (χ1n) is 8.20. The minimum atomic E-state index is -0.185. The van der Waals surface area contributed by atoms with Crippen LogP contribution in [0.25, 0.3) is 22.3 Å². The number of halogens is 2. The Labute approximate surface area is 154 Å². The maximum atomic E-state index is 9.64. The highest BCUT2D eigenvalue weighted by atomic mass is 35.5. The second-order valence-corrected chi connectivity index (χ2v) is 7.08. The van der Waals surface area contributed by atoms with E-state index in [4.69, 9.17) is 23.2 Å². The summed E-state index contributed by atoms with van der Waals surface area (Å²) < 4.78 is 0. The van der Waals surface area contributed by atoms with Crippen molar-refractivity contribution in [2.24, 2.45) is 0 Å². The maximum absolute atomic E-state index is 9.64. The molecule has 3 aromatic rings. The van der Waals surface area contributed by atoms with Gasteiger partial charge in [-0.05, 0) is 43.4 Å². The molecule has 6 nitrogen and oxygen atoms in total. The molecule has 25 heavy (non-hydrogen) atoms. The Morgan fingerprint density at radius 1 is 1.08 bits per heavy atom. The Balaban J connectivity index is 1.66. The summed E-state index contributed by atoms with van der Waals surface area (Å²) in [7, 11) is 0. The minimum Gasteiger partial charge on any atom is -0.393 e. The largest absolute Gasteiger partial charge is 0.393 e. The Hall–Kier alpha value is -1.89. The van der Waals surface area contributed by atoms with Crippen molar-refractivity contribution in [3.05, 3.63) is 34.8 Å². The Kier molecular flexibility index (Phi) is 4.50. The van der Waals surface area contributed by atoms with Gasteiger partial charge in [0, 0.05) is 17.8 Å². The lowest BCUT2D eigenvalue weighted by molar-refractivity contribution is 0.126. The van der Waals surface area contributed by atoms with Gasteiger partial charge in [-0.25, -0.2) is 15.0 Å². The number of H-pyrrole nitrogens is 1. The molecule has 1 aliphatic carbocycles. The van der Waals surface area contributed by atoms with Crippen LogP contribution in [-0.2, 0) is 0 Å². The maximum Gasteiger partial charge on any atom is 0.156 e. The lowest BCUT2D eigenvalue weighted by Gasteiger charge is -2.26. The zero-order valence-corrected chi connectivity index (χ0v) is 14.8. The van der Waals surface area contributed by atoms with Crippen molar-refractivity contribution in [3.8, 4) is 11.1 Å². The molecule has 0 aliphatic heterocycles. The fourth-order valence-corrected chi connectivity index (χ4v) is 3.59. The molecule has 1 saturated carbocycles. The molecule has 3 heterocycles. The number of aliphatic hydroxyl groups excluding tert-OH is 1. The van der Waals surface area contributed by atoms with Gasteiger partial charge in [0.2, 0.25) is 0 Å². The van der Waals surface area contributed by atoms with Gasteiger partial charge in [0.1, 0.15) is 21.6 Å². The third kappa shape index (κ3) is 3.56. The SMILES string of the molecule is OC1CCC(Nc2cc(-c3c[nH]c4ncc(Cl)nc34)cc(Cl)n2)CC1. The number of anilines is 1. The Morgan fingerprint density at radius 2 is 1.88 bits per heavy atom. The highest BCUT2D eigenvalue weighted by Crippen LogP contribution is 2.31. The van der Waals surface area contributed by atoms with Crippen LogP contribution in [0.3, 0.4) is 0 Å². The zero-order chi connectivity index (χ0) is 17.4. The predicted octanol–water partition coefficient (Wildman–Crippen LogP) is 4.04. The summed E-state index contributed by atoms with van der Waals surface area (Å²) in [6.07, 6.45) is 6.61. The Morgan fingerprint density at radius 3 is 2.68 bits per heavy atom. The molecule has 0 bridgehead atoms. The van der Waals surface area contributed by atoms with Crippen LogP contribution in [0.5, 0.6) is 0 Å². The van der Waals surface area contributed by atoms with Crippen molar-refractivity contribution < 1.29 is 5.11 Å². The molecule has 0 unspecified atom stereocenters. The van der Waals surface area contributed by atoms with Gasteiger partial charge < -0.3 is 15.4 Å². The lowest BCUT2D eigenvalue weighted by Crippen LogP contribution is -2.28. The number of hydrogen-bond acceptors (Lipinski definition) is 5. The summed E-state index contributed by atoms with van der Waals surface area (Å²) in [6.45, 7) is 0. The van der Waals surface area contributed by atoms with Crippen molar-refractivity contribution in [2.75, 3.05) is 5.32 Å². The number of nitrogens with zero attached hydrogens (tertiary/aromatic N) is 3. The number of pyridine rings is 1. The zero-order valence-electron chi connectivity index (χ0n) is 13.3. The number of aliphatic hydroxyl groups is 1. The molecular formula is C17H17Cl2N5O. The Bertz CT molecular complexity index is 905. The summed E-state index contributed by atoms with van der Waals surface area (Å²) in [5.41, 5.74) is 3.13. The monoisotopic (exact) mass is 377 g/mol. The van der Waals surface area contributed by atoms with Gasteiger partial charge in [-0.15, -0.1) is 0 Å².